The molecule has 0 spiro atoms. The van der Waals surface area contributed by atoms with Gasteiger partial charge in [-0.3, -0.25) is 4.79 Å². The second kappa shape index (κ2) is 6.61. The number of anilines is 1. The van der Waals surface area contributed by atoms with E-state index in [9.17, 15) is 4.79 Å². The van der Waals surface area contributed by atoms with Gasteiger partial charge in [-0.2, -0.15) is 11.8 Å². The first-order valence-corrected chi connectivity index (χ1v) is 8.69. The van der Waals surface area contributed by atoms with E-state index in [4.69, 9.17) is 5.11 Å². The van der Waals surface area contributed by atoms with Gasteiger partial charge in [0.15, 0.2) is 5.13 Å². The van der Waals surface area contributed by atoms with E-state index < -0.39 is 5.97 Å². The van der Waals surface area contributed by atoms with Gasteiger partial charge in [0.05, 0.1) is 12.1 Å². The maximum atomic E-state index is 10.6. The number of hydrogen-bond donors (Lipinski definition) is 2. The molecule has 2 rings (SSSR count). The van der Waals surface area contributed by atoms with Crippen molar-refractivity contribution in [2.75, 3.05) is 18.1 Å². The van der Waals surface area contributed by atoms with Crippen molar-refractivity contribution in [3.05, 3.63) is 11.1 Å². The topological polar surface area (TPSA) is 62.2 Å². The molecule has 0 aromatic carbocycles. The van der Waals surface area contributed by atoms with E-state index in [0.29, 0.717) is 10.4 Å². The first-order valence-electron chi connectivity index (χ1n) is 6.59. The van der Waals surface area contributed by atoms with E-state index in [0.717, 1.165) is 11.7 Å². The molecule has 0 unspecified atom stereocenters. The second-order valence-electron chi connectivity index (χ2n) is 5.02. The number of nitrogens with zero attached hydrogens (tertiary/aromatic N) is 1. The summed E-state index contributed by atoms with van der Waals surface area (Å²) < 4.78 is 0.330. The lowest BCUT2D eigenvalue weighted by Gasteiger charge is -2.35. The van der Waals surface area contributed by atoms with Gasteiger partial charge >= 0.3 is 5.97 Å². The number of hydrogen-bond acceptors (Lipinski definition) is 5. The van der Waals surface area contributed by atoms with E-state index in [1.54, 1.807) is 0 Å². The predicted molar refractivity (Wildman–Crippen MR) is 81.3 cm³/mol. The summed E-state index contributed by atoms with van der Waals surface area (Å²) in [5.41, 5.74) is 0.641. The van der Waals surface area contributed by atoms with Gasteiger partial charge in [-0.05, 0) is 19.1 Å². The van der Waals surface area contributed by atoms with Gasteiger partial charge < -0.3 is 10.4 Å². The Morgan fingerprint density at radius 3 is 2.89 bits per heavy atom. The molecule has 1 saturated carbocycles. The molecular formula is C13H20N2O2S2. The molecule has 0 aliphatic heterocycles. The molecule has 19 heavy (non-hydrogen) atoms. The molecule has 1 fully saturated rings. The Labute approximate surface area is 122 Å². The van der Waals surface area contributed by atoms with E-state index in [1.807, 2.05) is 17.1 Å². The van der Waals surface area contributed by atoms with E-state index in [2.05, 4.69) is 16.6 Å². The van der Waals surface area contributed by atoms with Gasteiger partial charge in [0.25, 0.3) is 0 Å². The monoisotopic (exact) mass is 300 g/mol. The maximum Gasteiger partial charge on any atom is 0.309 e. The lowest BCUT2D eigenvalue weighted by molar-refractivity contribution is -0.136. The molecule has 1 aromatic rings. The number of nitrogens with one attached hydrogen (secondary N) is 1. The van der Waals surface area contributed by atoms with Crippen LogP contribution < -0.4 is 5.32 Å². The quantitative estimate of drug-likeness (QED) is 0.844. The Morgan fingerprint density at radius 1 is 1.53 bits per heavy atom. The van der Waals surface area contributed by atoms with E-state index in [-0.39, 0.29) is 6.42 Å². The highest BCUT2D eigenvalue weighted by Gasteiger charge is 2.31. The smallest absolute Gasteiger partial charge is 0.309 e. The zero-order valence-electron chi connectivity index (χ0n) is 11.1. The Morgan fingerprint density at radius 2 is 2.26 bits per heavy atom. The normalized spacial score (nSPS) is 18.2. The molecule has 4 nitrogen and oxygen atoms in total. The zero-order valence-corrected chi connectivity index (χ0v) is 12.8. The highest BCUT2D eigenvalue weighted by molar-refractivity contribution is 8.00. The average molecular weight is 300 g/mol. The zero-order chi connectivity index (χ0) is 13.7. The third kappa shape index (κ3) is 4.11. The van der Waals surface area contributed by atoms with Crippen LogP contribution in [0.15, 0.2) is 5.38 Å². The number of aromatic nitrogens is 1. The van der Waals surface area contributed by atoms with Crippen LogP contribution in [0.1, 0.15) is 37.8 Å². The number of rotatable bonds is 6. The van der Waals surface area contributed by atoms with Gasteiger partial charge in [0.2, 0.25) is 0 Å². The average Bonchev–Trinajstić information content (AvgIpc) is 2.84. The van der Waals surface area contributed by atoms with Crippen molar-refractivity contribution in [3.8, 4) is 0 Å². The second-order valence-corrected chi connectivity index (χ2v) is 7.15. The van der Waals surface area contributed by atoms with Crippen LogP contribution in [0.2, 0.25) is 0 Å². The lowest BCUT2D eigenvalue weighted by Crippen LogP contribution is -2.35. The van der Waals surface area contributed by atoms with Crippen molar-refractivity contribution in [2.45, 2.75) is 43.3 Å². The van der Waals surface area contributed by atoms with Crippen LogP contribution in [0.25, 0.3) is 0 Å². The van der Waals surface area contributed by atoms with Crippen LogP contribution in [-0.4, -0.2) is 33.6 Å². The molecule has 6 heteroatoms. The van der Waals surface area contributed by atoms with Crippen molar-refractivity contribution in [1.82, 2.24) is 4.98 Å². The minimum atomic E-state index is -0.829. The first-order chi connectivity index (χ1) is 9.13. The van der Waals surface area contributed by atoms with Crippen LogP contribution in [-0.2, 0) is 11.2 Å². The van der Waals surface area contributed by atoms with Gasteiger partial charge in [-0.15, -0.1) is 11.3 Å². The fraction of sp³-hybridized carbons (Fsp3) is 0.692. The summed E-state index contributed by atoms with van der Waals surface area (Å²) in [6, 6.07) is 0. The molecule has 1 aliphatic carbocycles. The molecule has 1 heterocycles. The fourth-order valence-electron chi connectivity index (χ4n) is 2.51. The predicted octanol–water partition coefficient (Wildman–Crippen LogP) is 3.25. The highest BCUT2D eigenvalue weighted by Crippen LogP contribution is 2.38. The summed E-state index contributed by atoms with van der Waals surface area (Å²) in [6.07, 6.45) is 8.68. The lowest BCUT2D eigenvalue weighted by atomic mass is 9.88. The number of aliphatic carboxylic acids is 1. The first kappa shape index (κ1) is 14.7. The van der Waals surface area contributed by atoms with Crippen LogP contribution in [0, 0.1) is 0 Å². The molecule has 0 atom stereocenters. The molecule has 0 saturated heterocycles. The van der Waals surface area contributed by atoms with Gasteiger partial charge in [0.1, 0.15) is 0 Å². The van der Waals surface area contributed by atoms with Crippen LogP contribution in [0.4, 0.5) is 5.13 Å². The summed E-state index contributed by atoms with van der Waals surface area (Å²) >= 11 is 3.44. The van der Waals surface area contributed by atoms with E-state index in [1.165, 1.54) is 43.4 Å². The van der Waals surface area contributed by atoms with Crippen molar-refractivity contribution in [3.63, 3.8) is 0 Å². The molecule has 0 amide bonds. The molecule has 2 N–H and O–H groups in total. The number of carbonyl (C=O) groups is 1. The van der Waals surface area contributed by atoms with Crippen molar-refractivity contribution >= 4 is 34.2 Å². The fourth-order valence-corrected chi connectivity index (χ4v) is 4.13. The third-order valence-electron chi connectivity index (χ3n) is 3.64. The van der Waals surface area contributed by atoms with Gasteiger partial charge in [0, 0.05) is 16.7 Å². The van der Waals surface area contributed by atoms with Crippen LogP contribution >= 0.6 is 23.1 Å². The Hall–Kier alpha value is -0.750. The highest BCUT2D eigenvalue weighted by atomic mass is 32.2. The summed E-state index contributed by atoms with van der Waals surface area (Å²) in [7, 11) is 0. The van der Waals surface area contributed by atoms with Crippen LogP contribution in [0.5, 0.6) is 0 Å². The molecule has 0 bridgehead atoms. The molecule has 1 aromatic heterocycles. The summed E-state index contributed by atoms with van der Waals surface area (Å²) in [6.45, 7) is 0.925. The number of carboxylic acid groups (broad SMARTS) is 1. The molecule has 0 radical (unpaired) electrons. The molecule has 1 aliphatic rings. The Balaban J connectivity index is 1.90. The number of thiazole rings is 1. The van der Waals surface area contributed by atoms with Gasteiger partial charge in [-0.25, -0.2) is 4.98 Å². The van der Waals surface area contributed by atoms with E-state index >= 15 is 0 Å². The van der Waals surface area contributed by atoms with Crippen molar-refractivity contribution in [2.24, 2.45) is 0 Å². The number of carboxylic acids is 1. The summed E-state index contributed by atoms with van der Waals surface area (Å²) in [5.74, 6) is -0.829. The maximum absolute atomic E-state index is 10.6. The standard InChI is InChI=1S/C13H20N2O2S2/c1-18-13(5-3-2-4-6-13)9-14-12-15-10(8-19-12)7-11(16)17/h8H,2-7,9H2,1H3,(H,14,15)(H,16,17). The summed E-state index contributed by atoms with van der Waals surface area (Å²) in [4.78, 5) is 14.9. The number of thioether (sulfide) groups is 1. The van der Waals surface area contributed by atoms with Crippen LogP contribution in [0.3, 0.4) is 0 Å². The Kier molecular flexibility index (Phi) is 5.10. The minimum Gasteiger partial charge on any atom is -0.481 e. The molecular weight excluding hydrogens is 280 g/mol. The Bertz CT molecular complexity index is 428. The van der Waals surface area contributed by atoms with Crippen molar-refractivity contribution in [1.29, 1.82) is 0 Å². The van der Waals surface area contributed by atoms with Crippen molar-refractivity contribution < 1.29 is 9.90 Å². The largest absolute Gasteiger partial charge is 0.481 e. The minimum absolute atomic E-state index is 0.00580. The summed E-state index contributed by atoms with van der Waals surface area (Å²) in [5, 5.41) is 14.8. The SMILES string of the molecule is CSC1(CNc2nc(CC(=O)O)cs2)CCCCC1. The molecule has 106 valence electrons. The van der Waals surface area contributed by atoms with Gasteiger partial charge in [-0.1, -0.05) is 19.3 Å². The third-order valence-corrected chi connectivity index (χ3v) is 5.91.